The lowest BCUT2D eigenvalue weighted by Crippen LogP contribution is -2.09. The third-order valence-corrected chi connectivity index (χ3v) is 4.11. The summed E-state index contributed by atoms with van der Waals surface area (Å²) in [5, 5.41) is 0. The summed E-state index contributed by atoms with van der Waals surface area (Å²) < 4.78 is 16.5. The highest BCUT2D eigenvalue weighted by Gasteiger charge is 2.14. The minimum absolute atomic E-state index is 0.0475. The summed E-state index contributed by atoms with van der Waals surface area (Å²) in [6, 6.07) is 21.0. The normalized spacial score (nSPS) is 10.2. The van der Waals surface area contributed by atoms with E-state index in [1.165, 1.54) is 14.0 Å². The van der Waals surface area contributed by atoms with E-state index in [-0.39, 0.29) is 5.78 Å². The van der Waals surface area contributed by atoms with Crippen molar-refractivity contribution in [2.75, 3.05) is 7.11 Å². The molecule has 5 heteroatoms. The van der Waals surface area contributed by atoms with Crippen molar-refractivity contribution in [1.82, 2.24) is 0 Å². The van der Waals surface area contributed by atoms with Gasteiger partial charge >= 0.3 is 5.97 Å². The Morgan fingerprint density at radius 1 is 0.821 bits per heavy atom. The Balaban J connectivity index is 1.69. The van der Waals surface area contributed by atoms with Crippen LogP contribution in [0.15, 0.2) is 72.8 Å². The van der Waals surface area contributed by atoms with Gasteiger partial charge in [-0.3, -0.25) is 4.79 Å². The highest BCUT2D eigenvalue weighted by atomic mass is 16.5. The number of hydrogen-bond donors (Lipinski definition) is 0. The van der Waals surface area contributed by atoms with E-state index in [0.717, 1.165) is 5.56 Å². The smallest absolute Gasteiger partial charge is 0.343 e. The first-order valence-corrected chi connectivity index (χ1v) is 8.75. The molecule has 0 saturated heterocycles. The van der Waals surface area contributed by atoms with Crippen LogP contribution in [0.3, 0.4) is 0 Å². The molecule has 3 rings (SSSR count). The molecular formula is C23H20O5. The van der Waals surface area contributed by atoms with E-state index in [1.54, 1.807) is 42.5 Å². The van der Waals surface area contributed by atoms with E-state index in [9.17, 15) is 9.59 Å². The molecule has 0 spiro atoms. The molecule has 5 nitrogen and oxygen atoms in total. The minimum Gasteiger partial charge on any atom is -0.493 e. The molecule has 3 aromatic rings. The number of hydrogen-bond acceptors (Lipinski definition) is 5. The van der Waals surface area contributed by atoms with Crippen molar-refractivity contribution in [3.05, 3.63) is 89.5 Å². The zero-order valence-corrected chi connectivity index (χ0v) is 15.7. The SMILES string of the molecule is COc1cc(C(=O)Oc2ccc(C(C)=O)cc2)ccc1OCc1ccccc1. The highest BCUT2D eigenvalue weighted by molar-refractivity contribution is 5.94. The lowest BCUT2D eigenvalue weighted by Gasteiger charge is -2.12. The Hall–Kier alpha value is -3.60. The molecule has 0 atom stereocenters. The fourth-order valence-electron chi connectivity index (χ4n) is 2.57. The Kier molecular flexibility index (Phi) is 6.07. The molecule has 0 aliphatic carbocycles. The quantitative estimate of drug-likeness (QED) is 0.340. The largest absolute Gasteiger partial charge is 0.493 e. The number of ketones is 1. The van der Waals surface area contributed by atoms with Crippen LogP contribution >= 0.6 is 0 Å². The van der Waals surface area contributed by atoms with Crippen LogP contribution in [0.1, 0.15) is 33.2 Å². The summed E-state index contributed by atoms with van der Waals surface area (Å²) in [5.41, 5.74) is 1.92. The monoisotopic (exact) mass is 376 g/mol. The van der Waals surface area contributed by atoms with Crippen LogP contribution in [0.5, 0.6) is 17.2 Å². The Morgan fingerprint density at radius 3 is 2.14 bits per heavy atom. The highest BCUT2D eigenvalue weighted by Crippen LogP contribution is 2.29. The number of Topliss-reactive ketones (excluding diaryl/α,β-unsaturated/α-hetero) is 1. The predicted octanol–water partition coefficient (Wildman–Crippen LogP) is 4.70. The third kappa shape index (κ3) is 4.76. The van der Waals surface area contributed by atoms with Gasteiger partial charge in [0.1, 0.15) is 12.4 Å². The lowest BCUT2D eigenvalue weighted by atomic mass is 10.1. The van der Waals surface area contributed by atoms with E-state index in [4.69, 9.17) is 14.2 Å². The van der Waals surface area contributed by atoms with E-state index in [2.05, 4.69) is 0 Å². The van der Waals surface area contributed by atoms with Crippen molar-refractivity contribution in [3.63, 3.8) is 0 Å². The average Bonchev–Trinajstić information content (AvgIpc) is 2.73. The lowest BCUT2D eigenvalue weighted by molar-refractivity contribution is 0.0734. The van der Waals surface area contributed by atoms with Crippen LogP contribution < -0.4 is 14.2 Å². The van der Waals surface area contributed by atoms with Crippen LogP contribution in [0.25, 0.3) is 0 Å². The van der Waals surface area contributed by atoms with Crippen LogP contribution in [0.2, 0.25) is 0 Å². The van der Waals surface area contributed by atoms with Gasteiger partial charge in [-0.05, 0) is 55.0 Å². The first-order chi connectivity index (χ1) is 13.6. The van der Waals surface area contributed by atoms with Gasteiger partial charge in [-0.2, -0.15) is 0 Å². The van der Waals surface area contributed by atoms with Crippen molar-refractivity contribution in [2.24, 2.45) is 0 Å². The maximum Gasteiger partial charge on any atom is 0.343 e. The van der Waals surface area contributed by atoms with Crippen LogP contribution in [-0.2, 0) is 6.61 Å². The third-order valence-electron chi connectivity index (χ3n) is 4.11. The van der Waals surface area contributed by atoms with Crippen LogP contribution in [0, 0.1) is 0 Å². The Labute approximate surface area is 163 Å². The molecule has 0 bridgehead atoms. The van der Waals surface area contributed by atoms with Crippen LogP contribution in [-0.4, -0.2) is 18.9 Å². The summed E-state index contributed by atoms with van der Waals surface area (Å²) in [4.78, 5) is 23.7. The number of carbonyl (C=O) groups is 2. The van der Waals surface area contributed by atoms with Gasteiger partial charge in [0.15, 0.2) is 17.3 Å². The molecule has 0 aromatic heterocycles. The van der Waals surface area contributed by atoms with E-state index in [1.807, 2.05) is 30.3 Å². The molecular weight excluding hydrogens is 356 g/mol. The van der Waals surface area contributed by atoms with Crippen molar-refractivity contribution in [3.8, 4) is 17.2 Å². The molecule has 0 radical (unpaired) electrons. The van der Waals surface area contributed by atoms with Gasteiger partial charge in [0, 0.05) is 5.56 Å². The second-order valence-electron chi connectivity index (χ2n) is 6.11. The fraction of sp³-hybridized carbons (Fsp3) is 0.130. The molecule has 0 saturated carbocycles. The van der Waals surface area contributed by atoms with Crippen molar-refractivity contribution >= 4 is 11.8 Å². The van der Waals surface area contributed by atoms with Gasteiger partial charge in [0.25, 0.3) is 0 Å². The fourth-order valence-corrected chi connectivity index (χ4v) is 2.57. The number of rotatable bonds is 7. The van der Waals surface area contributed by atoms with Gasteiger partial charge in [0.05, 0.1) is 12.7 Å². The van der Waals surface area contributed by atoms with Crippen molar-refractivity contribution in [2.45, 2.75) is 13.5 Å². The number of carbonyl (C=O) groups excluding carboxylic acids is 2. The topological polar surface area (TPSA) is 61.8 Å². The van der Waals surface area contributed by atoms with Gasteiger partial charge in [-0.1, -0.05) is 30.3 Å². The van der Waals surface area contributed by atoms with E-state index >= 15 is 0 Å². The second kappa shape index (κ2) is 8.86. The molecule has 0 unspecified atom stereocenters. The first kappa shape index (κ1) is 19.2. The van der Waals surface area contributed by atoms with E-state index < -0.39 is 5.97 Å². The van der Waals surface area contributed by atoms with E-state index in [0.29, 0.717) is 35.0 Å². The summed E-state index contributed by atoms with van der Waals surface area (Å²) in [7, 11) is 1.51. The zero-order chi connectivity index (χ0) is 19.9. The molecule has 142 valence electrons. The maximum absolute atomic E-state index is 12.4. The molecule has 28 heavy (non-hydrogen) atoms. The predicted molar refractivity (Wildman–Crippen MR) is 105 cm³/mol. The molecule has 0 heterocycles. The Bertz CT molecular complexity index is 962. The number of benzene rings is 3. The van der Waals surface area contributed by atoms with Crippen molar-refractivity contribution < 1.29 is 23.8 Å². The zero-order valence-electron chi connectivity index (χ0n) is 15.7. The van der Waals surface area contributed by atoms with Crippen molar-refractivity contribution in [1.29, 1.82) is 0 Å². The molecule has 3 aromatic carbocycles. The summed E-state index contributed by atoms with van der Waals surface area (Å²) in [6.45, 7) is 1.87. The summed E-state index contributed by atoms with van der Waals surface area (Å²) in [6.07, 6.45) is 0. The average molecular weight is 376 g/mol. The number of ether oxygens (including phenoxy) is 3. The second-order valence-corrected chi connectivity index (χ2v) is 6.11. The van der Waals surface area contributed by atoms with Gasteiger partial charge in [-0.15, -0.1) is 0 Å². The molecule has 0 amide bonds. The molecule has 0 aliphatic rings. The maximum atomic E-state index is 12.4. The standard InChI is InChI=1S/C23H20O5/c1-16(24)18-8-11-20(12-9-18)28-23(25)19-10-13-21(22(14-19)26-2)27-15-17-6-4-3-5-7-17/h3-14H,15H2,1-2H3. The minimum atomic E-state index is -0.525. The summed E-state index contributed by atoms with van der Waals surface area (Å²) in [5.74, 6) is 0.765. The molecule has 0 fully saturated rings. The van der Waals surface area contributed by atoms with Crippen LogP contribution in [0.4, 0.5) is 0 Å². The van der Waals surface area contributed by atoms with Gasteiger partial charge in [-0.25, -0.2) is 4.79 Å². The molecule has 0 aliphatic heterocycles. The number of methoxy groups -OCH3 is 1. The number of esters is 1. The van der Waals surface area contributed by atoms with Gasteiger partial charge < -0.3 is 14.2 Å². The summed E-state index contributed by atoms with van der Waals surface area (Å²) >= 11 is 0. The molecule has 0 N–H and O–H groups in total. The van der Waals surface area contributed by atoms with Gasteiger partial charge in [0.2, 0.25) is 0 Å². The first-order valence-electron chi connectivity index (χ1n) is 8.75. The Morgan fingerprint density at radius 2 is 1.50 bits per heavy atom.